The number of hydrogen-bond donors (Lipinski definition) is 1. The second-order valence-corrected chi connectivity index (χ2v) is 6.86. The molecule has 2 aliphatic rings. The summed E-state index contributed by atoms with van der Waals surface area (Å²) >= 11 is 0. The van der Waals surface area contributed by atoms with E-state index in [0.717, 1.165) is 12.0 Å². The summed E-state index contributed by atoms with van der Waals surface area (Å²) in [6, 6.07) is 8.13. The molecule has 5 rings (SSSR count). The summed E-state index contributed by atoms with van der Waals surface area (Å²) in [4.78, 5) is 33.6. The van der Waals surface area contributed by atoms with E-state index in [2.05, 4.69) is 22.1 Å². The molecule has 0 aliphatic carbocycles. The van der Waals surface area contributed by atoms with Gasteiger partial charge in [-0.15, -0.1) is 0 Å². The number of fused-ring (bicyclic) bond motifs is 3. The van der Waals surface area contributed by atoms with Gasteiger partial charge in [0.1, 0.15) is 16.7 Å². The first-order chi connectivity index (χ1) is 12.6. The van der Waals surface area contributed by atoms with Gasteiger partial charge in [0.15, 0.2) is 0 Å². The van der Waals surface area contributed by atoms with Crippen LogP contribution in [-0.2, 0) is 16.9 Å². The average molecular weight is 351 g/mol. The lowest BCUT2D eigenvalue weighted by Gasteiger charge is -2.24. The Labute approximate surface area is 148 Å². The molecule has 2 aliphatic heterocycles. The van der Waals surface area contributed by atoms with E-state index >= 15 is 0 Å². The van der Waals surface area contributed by atoms with Crippen molar-refractivity contribution in [3.63, 3.8) is 0 Å². The highest BCUT2D eigenvalue weighted by atomic mass is 16.5. The molecule has 26 heavy (non-hydrogen) atoms. The molecule has 1 atom stereocenters. The third-order valence-electron chi connectivity index (χ3n) is 5.42. The molecule has 1 spiro atoms. The van der Waals surface area contributed by atoms with E-state index in [9.17, 15) is 9.59 Å². The molecule has 0 saturated carbocycles. The number of aryl methyl sites for hydroxylation is 1. The third-order valence-corrected chi connectivity index (χ3v) is 5.42. The molecule has 1 aromatic carbocycles. The van der Waals surface area contributed by atoms with Crippen molar-refractivity contribution in [1.82, 2.24) is 14.9 Å². The van der Waals surface area contributed by atoms with Crippen molar-refractivity contribution >= 4 is 17.0 Å². The fourth-order valence-corrected chi connectivity index (χ4v) is 4.15. The number of likely N-dealkylation sites (tertiary alicyclic amines) is 1. The number of aromatic amines is 1. The van der Waals surface area contributed by atoms with E-state index in [0.29, 0.717) is 25.5 Å². The maximum Gasteiger partial charge on any atom is 0.262 e. The molecule has 3 aromatic rings. The Morgan fingerprint density at radius 2 is 2.19 bits per heavy atom. The quantitative estimate of drug-likeness (QED) is 0.725. The van der Waals surface area contributed by atoms with E-state index in [1.165, 1.54) is 11.9 Å². The van der Waals surface area contributed by atoms with E-state index in [1.807, 2.05) is 12.1 Å². The second kappa shape index (κ2) is 5.28. The average Bonchev–Trinajstić information content (AvgIpc) is 3.32. The first-order valence-corrected chi connectivity index (χ1v) is 8.57. The van der Waals surface area contributed by atoms with Gasteiger partial charge in [-0.1, -0.05) is 24.3 Å². The van der Waals surface area contributed by atoms with Gasteiger partial charge >= 0.3 is 0 Å². The number of ether oxygens (including phenoxy) is 1. The number of rotatable bonds is 1. The molecule has 2 aromatic heterocycles. The van der Waals surface area contributed by atoms with Crippen LogP contribution in [0.2, 0.25) is 0 Å². The van der Waals surface area contributed by atoms with Crippen LogP contribution in [0.15, 0.2) is 39.8 Å². The summed E-state index contributed by atoms with van der Waals surface area (Å²) < 4.78 is 11.6. The van der Waals surface area contributed by atoms with Gasteiger partial charge in [0.25, 0.3) is 11.5 Å². The van der Waals surface area contributed by atoms with E-state index in [4.69, 9.17) is 9.15 Å². The molecule has 1 saturated heterocycles. The Morgan fingerprint density at radius 3 is 3.08 bits per heavy atom. The number of H-pyrrole nitrogens is 1. The van der Waals surface area contributed by atoms with Crippen molar-refractivity contribution < 1.29 is 13.9 Å². The van der Waals surface area contributed by atoms with Crippen LogP contribution in [-0.4, -0.2) is 33.9 Å². The maximum atomic E-state index is 13.2. The minimum atomic E-state index is -0.454. The van der Waals surface area contributed by atoms with Gasteiger partial charge in [0, 0.05) is 6.54 Å². The molecule has 7 heteroatoms. The first kappa shape index (κ1) is 15.3. The largest absolute Gasteiger partial charge is 0.442 e. The Kier molecular flexibility index (Phi) is 3.12. The Hall–Kier alpha value is -2.93. The third kappa shape index (κ3) is 2.00. The molecule has 1 N–H and O–H groups in total. The minimum absolute atomic E-state index is 0.186. The molecule has 1 fully saturated rings. The minimum Gasteiger partial charge on any atom is -0.442 e. The second-order valence-electron chi connectivity index (χ2n) is 6.86. The predicted octanol–water partition coefficient (Wildman–Crippen LogP) is 2.10. The smallest absolute Gasteiger partial charge is 0.262 e. The molecule has 4 heterocycles. The van der Waals surface area contributed by atoms with Crippen molar-refractivity contribution in [2.45, 2.75) is 25.6 Å². The number of carbonyl (C=O) groups excluding carboxylic acids is 1. The number of aromatic nitrogens is 2. The van der Waals surface area contributed by atoms with Crippen LogP contribution >= 0.6 is 0 Å². The van der Waals surface area contributed by atoms with Gasteiger partial charge in [-0.05, 0) is 24.5 Å². The highest BCUT2D eigenvalue weighted by molar-refractivity contribution is 6.06. The van der Waals surface area contributed by atoms with Crippen molar-refractivity contribution in [1.29, 1.82) is 0 Å². The van der Waals surface area contributed by atoms with Crippen LogP contribution < -0.4 is 5.56 Å². The van der Waals surface area contributed by atoms with Crippen LogP contribution in [0.25, 0.3) is 11.1 Å². The van der Waals surface area contributed by atoms with E-state index in [-0.39, 0.29) is 28.1 Å². The molecule has 7 nitrogen and oxygen atoms in total. The monoisotopic (exact) mass is 351 g/mol. The van der Waals surface area contributed by atoms with Crippen LogP contribution in [0.4, 0.5) is 0 Å². The summed E-state index contributed by atoms with van der Waals surface area (Å²) in [6.07, 6.45) is 2.01. The lowest BCUT2D eigenvalue weighted by atomic mass is 9.92. The van der Waals surface area contributed by atoms with Gasteiger partial charge in [-0.2, -0.15) is 0 Å². The number of carbonyl (C=O) groups is 1. The number of nitrogens with one attached hydrogen (secondary N) is 1. The molecule has 1 unspecified atom stereocenters. The van der Waals surface area contributed by atoms with Gasteiger partial charge in [0.05, 0.1) is 25.0 Å². The molecular weight excluding hydrogens is 334 g/mol. The summed E-state index contributed by atoms with van der Waals surface area (Å²) in [5.41, 5.74) is 1.98. The molecule has 0 bridgehead atoms. The highest BCUT2D eigenvalue weighted by Gasteiger charge is 2.47. The van der Waals surface area contributed by atoms with Crippen LogP contribution in [0.5, 0.6) is 0 Å². The van der Waals surface area contributed by atoms with Crippen LogP contribution in [0.1, 0.15) is 33.7 Å². The van der Waals surface area contributed by atoms with Crippen molar-refractivity contribution in [2.75, 3.05) is 13.1 Å². The summed E-state index contributed by atoms with van der Waals surface area (Å²) in [5.74, 6) is 0.187. The lowest BCUT2D eigenvalue weighted by Crippen LogP contribution is -2.34. The number of amides is 1. The zero-order valence-electron chi connectivity index (χ0n) is 14.2. The maximum absolute atomic E-state index is 13.2. The van der Waals surface area contributed by atoms with Gasteiger partial charge < -0.3 is 19.0 Å². The standard InChI is InChI=1S/C19H17N3O4/c1-11-14(15-16(23)20-10-21-17(15)26-11)18(24)22-7-6-19(9-22)13-5-3-2-4-12(13)8-25-19/h2-5,10H,6-9H2,1H3,(H,20,21,23). The Balaban J connectivity index is 1.53. The topological polar surface area (TPSA) is 88.4 Å². The Morgan fingerprint density at radius 1 is 1.35 bits per heavy atom. The number of nitrogens with zero attached hydrogens (tertiary/aromatic N) is 2. The van der Waals surface area contributed by atoms with Gasteiger partial charge in [-0.3, -0.25) is 9.59 Å². The van der Waals surface area contributed by atoms with E-state index in [1.54, 1.807) is 11.8 Å². The fourth-order valence-electron chi connectivity index (χ4n) is 4.15. The summed E-state index contributed by atoms with van der Waals surface area (Å²) in [7, 11) is 0. The predicted molar refractivity (Wildman–Crippen MR) is 92.8 cm³/mol. The highest BCUT2D eigenvalue weighted by Crippen LogP contribution is 2.43. The normalized spacial score (nSPS) is 21.7. The van der Waals surface area contributed by atoms with Crippen molar-refractivity contribution in [3.05, 3.63) is 63.4 Å². The summed E-state index contributed by atoms with van der Waals surface area (Å²) in [6.45, 7) is 3.28. The van der Waals surface area contributed by atoms with Crippen LogP contribution in [0.3, 0.4) is 0 Å². The van der Waals surface area contributed by atoms with E-state index < -0.39 is 5.60 Å². The SMILES string of the molecule is Cc1oc2nc[nH]c(=O)c2c1C(=O)N1CCC2(C1)OCc1ccccc12. The summed E-state index contributed by atoms with van der Waals surface area (Å²) in [5, 5.41) is 0.212. The molecule has 1 amide bonds. The van der Waals surface area contributed by atoms with Crippen LogP contribution in [0, 0.1) is 6.92 Å². The molecule has 0 radical (unpaired) electrons. The number of furan rings is 1. The zero-order valence-corrected chi connectivity index (χ0v) is 14.2. The van der Waals surface area contributed by atoms with Gasteiger partial charge in [0.2, 0.25) is 5.71 Å². The van der Waals surface area contributed by atoms with Crippen molar-refractivity contribution in [3.8, 4) is 0 Å². The zero-order chi connectivity index (χ0) is 17.9. The molecule has 132 valence electrons. The molecular formula is C19H17N3O4. The van der Waals surface area contributed by atoms with Gasteiger partial charge in [-0.25, -0.2) is 4.98 Å². The first-order valence-electron chi connectivity index (χ1n) is 8.57. The Bertz CT molecular complexity index is 1100. The lowest BCUT2D eigenvalue weighted by molar-refractivity contribution is -0.0283. The number of benzene rings is 1. The number of hydrogen-bond acceptors (Lipinski definition) is 5. The van der Waals surface area contributed by atoms with Crippen molar-refractivity contribution in [2.24, 2.45) is 0 Å². The fraction of sp³-hybridized carbons (Fsp3) is 0.316.